The number of aryl methyl sites for hydroxylation is 1. The average molecular weight is 357 g/mol. The summed E-state index contributed by atoms with van der Waals surface area (Å²) in [6.07, 6.45) is 8.83. The molecule has 0 aliphatic rings. The van der Waals surface area contributed by atoms with Crippen LogP contribution in [0.5, 0.6) is 0 Å². The summed E-state index contributed by atoms with van der Waals surface area (Å²) in [5.41, 5.74) is 4.44. The van der Waals surface area contributed by atoms with Gasteiger partial charge in [-0.05, 0) is 30.7 Å². The van der Waals surface area contributed by atoms with Crippen molar-refractivity contribution in [1.82, 2.24) is 34.1 Å². The molecule has 5 rings (SSSR count). The zero-order chi connectivity index (χ0) is 18.2. The number of benzene rings is 2. The number of hydrogen-bond donors (Lipinski definition) is 0. The van der Waals surface area contributed by atoms with Crippen molar-refractivity contribution in [2.45, 2.75) is 26.3 Å². The lowest BCUT2D eigenvalue weighted by molar-refractivity contribution is 0.664. The van der Waals surface area contributed by atoms with Gasteiger partial charge < -0.3 is 4.57 Å². The Balaban J connectivity index is 1.76. The number of aromatic nitrogens is 7. The van der Waals surface area contributed by atoms with Gasteiger partial charge >= 0.3 is 0 Å². The van der Waals surface area contributed by atoms with Crippen LogP contribution in [0.25, 0.3) is 33.2 Å². The van der Waals surface area contributed by atoms with Crippen LogP contribution in [0.4, 0.5) is 0 Å². The predicted octanol–water partition coefficient (Wildman–Crippen LogP) is 3.76. The Morgan fingerprint density at radius 1 is 0.778 bits per heavy atom. The Bertz CT molecular complexity index is 1110. The molecule has 2 aromatic carbocycles. The molecule has 3 aromatic heterocycles. The highest BCUT2D eigenvalue weighted by Crippen LogP contribution is 2.32. The summed E-state index contributed by atoms with van der Waals surface area (Å²) in [5.74, 6) is 0. The third-order valence-corrected chi connectivity index (χ3v) is 4.94. The van der Waals surface area contributed by atoms with Crippen LogP contribution in [0, 0.1) is 0 Å². The van der Waals surface area contributed by atoms with Gasteiger partial charge in [0.15, 0.2) is 0 Å². The van der Waals surface area contributed by atoms with E-state index >= 15 is 0 Å². The Labute approximate surface area is 155 Å². The maximum absolute atomic E-state index is 4.26. The summed E-state index contributed by atoms with van der Waals surface area (Å²) in [7, 11) is 0. The van der Waals surface area contributed by atoms with Gasteiger partial charge in [0.1, 0.15) is 25.3 Å². The third kappa shape index (κ3) is 2.59. The van der Waals surface area contributed by atoms with E-state index in [0.29, 0.717) is 0 Å². The second-order valence-corrected chi connectivity index (χ2v) is 6.59. The zero-order valence-electron chi connectivity index (χ0n) is 15.0. The van der Waals surface area contributed by atoms with Gasteiger partial charge in [0.05, 0.1) is 22.4 Å². The molecule has 134 valence electrons. The maximum atomic E-state index is 4.26. The number of fused-ring (bicyclic) bond motifs is 3. The maximum Gasteiger partial charge on any atom is 0.138 e. The van der Waals surface area contributed by atoms with E-state index < -0.39 is 0 Å². The van der Waals surface area contributed by atoms with Crippen LogP contribution in [-0.4, -0.2) is 34.1 Å². The molecule has 0 amide bonds. The fraction of sp³-hybridized carbons (Fsp3) is 0.200. The van der Waals surface area contributed by atoms with Crippen LogP contribution in [-0.2, 0) is 6.54 Å². The van der Waals surface area contributed by atoms with Gasteiger partial charge in [-0.15, -0.1) is 0 Å². The van der Waals surface area contributed by atoms with Crippen molar-refractivity contribution in [3.63, 3.8) is 0 Å². The zero-order valence-corrected chi connectivity index (χ0v) is 15.0. The second kappa shape index (κ2) is 6.35. The van der Waals surface area contributed by atoms with Crippen molar-refractivity contribution in [2.24, 2.45) is 0 Å². The van der Waals surface area contributed by atoms with E-state index in [1.54, 1.807) is 34.7 Å². The van der Waals surface area contributed by atoms with Crippen molar-refractivity contribution in [1.29, 1.82) is 0 Å². The highest BCUT2D eigenvalue weighted by molar-refractivity contribution is 6.09. The molecule has 3 heterocycles. The SMILES string of the molecule is CCCCn1c2cc(-n3cncn3)ccc2c2ccc(-n3cncn3)cc21. The Hall–Kier alpha value is -3.48. The van der Waals surface area contributed by atoms with Crippen molar-refractivity contribution in [3.05, 3.63) is 61.7 Å². The molecule has 0 aliphatic carbocycles. The quantitative estimate of drug-likeness (QED) is 0.480. The first-order valence-corrected chi connectivity index (χ1v) is 9.11. The molecule has 7 nitrogen and oxygen atoms in total. The minimum atomic E-state index is 0.970. The van der Waals surface area contributed by atoms with Crippen LogP contribution in [0.2, 0.25) is 0 Å². The van der Waals surface area contributed by atoms with E-state index in [9.17, 15) is 0 Å². The first-order valence-electron chi connectivity index (χ1n) is 9.11. The first kappa shape index (κ1) is 15.7. The predicted molar refractivity (Wildman–Crippen MR) is 104 cm³/mol. The van der Waals surface area contributed by atoms with Crippen molar-refractivity contribution in [2.75, 3.05) is 0 Å². The summed E-state index contributed by atoms with van der Waals surface area (Å²) in [6, 6.07) is 12.9. The fourth-order valence-electron chi connectivity index (χ4n) is 3.60. The molecule has 0 unspecified atom stereocenters. The number of unbranched alkanes of at least 4 members (excludes halogenated alkanes) is 1. The second-order valence-electron chi connectivity index (χ2n) is 6.59. The summed E-state index contributed by atoms with van der Waals surface area (Å²) < 4.78 is 5.99. The molecule has 0 atom stereocenters. The Morgan fingerprint density at radius 2 is 1.33 bits per heavy atom. The van der Waals surface area contributed by atoms with Gasteiger partial charge in [0, 0.05) is 17.3 Å². The summed E-state index contributed by atoms with van der Waals surface area (Å²) in [4.78, 5) is 8.13. The highest BCUT2D eigenvalue weighted by atomic mass is 15.3. The molecule has 0 aliphatic heterocycles. The van der Waals surface area contributed by atoms with Gasteiger partial charge in [-0.25, -0.2) is 19.3 Å². The van der Waals surface area contributed by atoms with Gasteiger partial charge in [-0.2, -0.15) is 10.2 Å². The van der Waals surface area contributed by atoms with Crippen LogP contribution >= 0.6 is 0 Å². The Morgan fingerprint density at radius 3 is 1.78 bits per heavy atom. The van der Waals surface area contributed by atoms with Crippen LogP contribution in [0.15, 0.2) is 61.7 Å². The molecular weight excluding hydrogens is 338 g/mol. The summed E-state index contributed by atoms with van der Waals surface area (Å²) in [5, 5.41) is 11.0. The molecule has 7 heteroatoms. The monoisotopic (exact) mass is 357 g/mol. The highest BCUT2D eigenvalue weighted by Gasteiger charge is 2.13. The van der Waals surface area contributed by atoms with E-state index in [1.165, 1.54) is 21.8 Å². The number of hydrogen-bond acceptors (Lipinski definition) is 4. The topological polar surface area (TPSA) is 66.3 Å². The van der Waals surface area contributed by atoms with Gasteiger partial charge in [-0.1, -0.05) is 25.5 Å². The van der Waals surface area contributed by atoms with Gasteiger partial charge in [0.25, 0.3) is 0 Å². The minimum absolute atomic E-state index is 0.970. The van der Waals surface area contributed by atoms with Crippen molar-refractivity contribution >= 4 is 21.8 Å². The number of rotatable bonds is 5. The van der Waals surface area contributed by atoms with Crippen LogP contribution in [0.1, 0.15) is 19.8 Å². The lowest BCUT2D eigenvalue weighted by Crippen LogP contribution is -2.00. The molecule has 5 aromatic rings. The number of nitrogens with zero attached hydrogens (tertiary/aromatic N) is 7. The fourth-order valence-corrected chi connectivity index (χ4v) is 3.60. The van der Waals surface area contributed by atoms with Crippen LogP contribution in [0.3, 0.4) is 0 Å². The molecule has 0 radical (unpaired) electrons. The lowest BCUT2D eigenvalue weighted by Gasteiger charge is -2.08. The largest absolute Gasteiger partial charge is 0.340 e. The standard InChI is InChI=1S/C20H19N7/c1-2-3-8-25-19-9-15(26-13-21-11-23-26)4-6-17(19)18-7-5-16(10-20(18)25)27-14-22-12-24-27/h4-7,9-14H,2-3,8H2,1H3. The molecule has 0 spiro atoms. The van der Waals surface area contributed by atoms with E-state index in [4.69, 9.17) is 0 Å². The van der Waals surface area contributed by atoms with Gasteiger partial charge in [0.2, 0.25) is 0 Å². The molecular formula is C20H19N7. The van der Waals surface area contributed by atoms with Crippen molar-refractivity contribution in [3.8, 4) is 11.4 Å². The minimum Gasteiger partial charge on any atom is -0.340 e. The lowest BCUT2D eigenvalue weighted by atomic mass is 10.1. The smallest absolute Gasteiger partial charge is 0.138 e. The molecule has 0 saturated carbocycles. The van der Waals surface area contributed by atoms with E-state index in [0.717, 1.165) is 30.8 Å². The molecule has 27 heavy (non-hydrogen) atoms. The van der Waals surface area contributed by atoms with E-state index in [2.05, 4.69) is 68.1 Å². The van der Waals surface area contributed by atoms with E-state index in [-0.39, 0.29) is 0 Å². The van der Waals surface area contributed by atoms with Crippen LogP contribution < -0.4 is 0 Å². The summed E-state index contributed by atoms with van der Waals surface area (Å²) >= 11 is 0. The van der Waals surface area contributed by atoms with Gasteiger partial charge in [-0.3, -0.25) is 0 Å². The average Bonchev–Trinajstić information content (AvgIpc) is 3.46. The van der Waals surface area contributed by atoms with Crippen molar-refractivity contribution < 1.29 is 0 Å². The molecule has 0 fully saturated rings. The Kier molecular flexibility index (Phi) is 3.71. The first-order chi connectivity index (χ1) is 13.3. The molecule has 0 N–H and O–H groups in total. The third-order valence-electron chi connectivity index (χ3n) is 4.94. The summed E-state index contributed by atoms with van der Waals surface area (Å²) in [6.45, 7) is 3.19. The molecule has 0 saturated heterocycles. The van der Waals surface area contributed by atoms with E-state index in [1.807, 2.05) is 0 Å². The molecule has 0 bridgehead atoms. The normalized spacial score (nSPS) is 11.6.